The fraction of sp³-hybridized carbons (Fsp3) is 0.308. The lowest BCUT2D eigenvalue weighted by molar-refractivity contribution is 0.373. The van der Waals surface area contributed by atoms with E-state index in [0.717, 1.165) is 23.0 Å². The third-order valence-corrected chi connectivity index (χ3v) is 3.32. The number of aromatic nitrogens is 3. The highest BCUT2D eigenvalue weighted by Gasteiger charge is 2.08. The smallest absolute Gasteiger partial charge is 0.211 e. The van der Waals surface area contributed by atoms with Crippen molar-refractivity contribution in [2.45, 2.75) is 18.5 Å². The highest BCUT2D eigenvalue weighted by Crippen LogP contribution is 2.25. The number of benzene rings is 1. The van der Waals surface area contributed by atoms with Crippen molar-refractivity contribution in [3.8, 4) is 11.5 Å². The Morgan fingerprint density at radius 1 is 1.45 bits per heavy atom. The van der Waals surface area contributed by atoms with Crippen LogP contribution in [0.5, 0.6) is 11.5 Å². The van der Waals surface area contributed by atoms with Crippen molar-refractivity contribution in [3.05, 3.63) is 29.6 Å². The topological polar surface area (TPSA) is 72.5 Å². The molecular weight excluding hydrogens is 276 g/mol. The minimum atomic E-state index is 0.0843. The van der Waals surface area contributed by atoms with Gasteiger partial charge in [-0.2, -0.15) is 9.78 Å². The Morgan fingerprint density at radius 2 is 2.25 bits per heavy atom. The van der Waals surface area contributed by atoms with Crippen LogP contribution in [0, 0.1) is 0 Å². The normalized spacial score (nSPS) is 11.2. The number of thioether (sulfide) groups is 1. The van der Waals surface area contributed by atoms with Crippen LogP contribution in [-0.2, 0) is 6.42 Å². The molecule has 0 aliphatic heterocycles. The molecule has 0 fully saturated rings. The number of hydrogen-bond acceptors (Lipinski definition) is 6. The van der Waals surface area contributed by atoms with E-state index in [2.05, 4.69) is 15.3 Å². The van der Waals surface area contributed by atoms with Crippen molar-refractivity contribution in [2.24, 2.45) is 5.10 Å². The Hall–Kier alpha value is -2.02. The van der Waals surface area contributed by atoms with E-state index in [9.17, 15) is 5.11 Å². The van der Waals surface area contributed by atoms with Crippen LogP contribution in [0.2, 0.25) is 0 Å². The summed E-state index contributed by atoms with van der Waals surface area (Å²) in [5, 5.41) is 23.0. The number of methoxy groups -OCH3 is 1. The van der Waals surface area contributed by atoms with E-state index in [1.54, 1.807) is 23.0 Å². The summed E-state index contributed by atoms with van der Waals surface area (Å²) in [6.45, 7) is 2.00. The molecule has 6 nitrogen and oxygen atoms in total. The fourth-order valence-electron chi connectivity index (χ4n) is 1.67. The standard InChI is InChI=1S/C13H16N4O2S/c1-4-12-15-16-13(20-3)17(12)14-8-9-5-6-11(19-2)10(18)7-9/h5-8,18H,4H2,1-3H3/b14-8-. The predicted molar refractivity (Wildman–Crippen MR) is 78.8 cm³/mol. The lowest BCUT2D eigenvalue weighted by atomic mass is 10.2. The van der Waals surface area contributed by atoms with Crippen LogP contribution in [0.1, 0.15) is 18.3 Å². The summed E-state index contributed by atoms with van der Waals surface area (Å²) < 4.78 is 6.70. The van der Waals surface area contributed by atoms with Crippen LogP contribution in [0.3, 0.4) is 0 Å². The molecular formula is C13H16N4O2S. The zero-order chi connectivity index (χ0) is 14.5. The minimum absolute atomic E-state index is 0.0843. The van der Waals surface area contributed by atoms with Gasteiger partial charge < -0.3 is 9.84 Å². The average molecular weight is 292 g/mol. The van der Waals surface area contributed by atoms with Crippen LogP contribution in [0.15, 0.2) is 28.5 Å². The minimum Gasteiger partial charge on any atom is -0.504 e. The second-order valence-corrected chi connectivity index (χ2v) is 4.72. The maximum absolute atomic E-state index is 9.73. The number of aromatic hydroxyl groups is 1. The van der Waals surface area contributed by atoms with Gasteiger partial charge in [-0.25, -0.2) is 0 Å². The summed E-state index contributed by atoms with van der Waals surface area (Å²) in [6.07, 6.45) is 4.33. The van der Waals surface area contributed by atoms with E-state index in [0.29, 0.717) is 5.75 Å². The third kappa shape index (κ3) is 2.93. The van der Waals surface area contributed by atoms with Crippen LogP contribution in [0.4, 0.5) is 0 Å². The molecule has 20 heavy (non-hydrogen) atoms. The van der Waals surface area contributed by atoms with E-state index in [1.165, 1.54) is 18.9 Å². The number of ether oxygens (including phenoxy) is 1. The molecule has 0 saturated heterocycles. The van der Waals surface area contributed by atoms with E-state index in [1.807, 2.05) is 19.2 Å². The second kappa shape index (κ2) is 6.42. The van der Waals surface area contributed by atoms with Gasteiger partial charge in [0.25, 0.3) is 0 Å². The fourth-order valence-corrected chi connectivity index (χ4v) is 2.12. The summed E-state index contributed by atoms with van der Waals surface area (Å²) >= 11 is 1.48. The predicted octanol–water partition coefficient (Wildman–Crippen LogP) is 2.16. The molecule has 0 aliphatic rings. The van der Waals surface area contributed by atoms with Crippen molar-refractivity contribution in [2.75, 3.05) is 13.4 Å². The van der Waals surface area contributed by atoms with Gasteiger partial charge in [-0.1, -0.05) is 18.7 Å². The summed E-state index contributed by atoms with van der Waals surface area (Å²) in [7, 11) is 1.51. The molecule has 0 spiro atoms. The largest absolute Gasteiger partial charge is 0.504 e. The Labute approximate surface area is 121 Å². The highest BCUT2D eigenvalue weighted by molar-refractivity contribution is 7.98. The summed E-state index contributed by atoms with van der Waals surface area (Å²) in [6, 6.07) is 5.10. The third-order valence-electron chi connectivity index (χ3n) is 2.70. The molecule has 0 aliphatic carbocycles. The number of phenols is 1. The second-order valence-electron chi connectivity index (χ2n) is 3.94. The molecule has 0 radical (unpaired) electrons. The van der Waals surface area contributed by atoms with Gasteiger partial charge in [0, 0.05) is 6.42 Å². The summed E-state index contributed by atoms with van der Waals surface area (Å²) in [5.41, 5.74) is 0.770. The quantitative estimate of drug-likeness (QED) is 0.675. The first-order valence-electron chi connectivity index (χ1n) is 6.09. The molecule has 0 unspecified atom stereocenters. The van der Waals surface area contributed by atoms with Gasteiger partial charge in [-0.3, -0.25) is 0 Å². The van der Waals surface area contributed by atoms with E-state index in [4.69, 9.17) is 4.74 Å². The molecule has 0 amide bonds. The first-order chi connectivity index (χ1) is 9.69. The number of nitrogens with zero attached hydrogens (tertiary/aromatic N) is 4. The Balaban J connectivity index is 2.29. The lowest BCUT2D eigenvalue weighted by Crippen LogP contribution is -1.98. The van der Waals surface area contributed by atoms with Gasteiger partial charge in [0.1, 0.15) is 0 Å². The van der Waals surface area contributed by atoms with Crippen LogP contribution >= 0.6 is 11.8 Å². The maximum atomic E-state index is 9.73. The molecule has 106 valence electrons. The molecule has 2 aromatic rings. The van der Waals surface area contributed by atoms with Crippen molar-refractivity contribution >= 4 is 18.0 Å². The SMILES string of the molecule is CCc1nnc(SC)n1/N=C\c1ccc(OC)c(O)c1. The molecule has 1 N–H and O–H groups in total. The first-order valence-corrected chi connectivity index (χ1v) is 7.31. The van der Waals surface area contributed by atoms with Crippen molar-refractivity contribution in [1.82, 2.24) is 14.9 Å². The summed E-state index contributed by atoms with van der Waals surface area (Å²) in [5.74, 6) is 1.31. The van der Waals surface area contributed by atoms with Gasteiger partial charge in [0.05, 0.1) is 13.3 Å². The van der Waals surface area contributed by atoms with E-state index < -0.39 is 0 Å². The highest BCUT2D eigenvalue weighted by atomic mass is 32.2. The summed E-state index contributed by atoms with van der Waals surface area (Å²) in [4.78, 5) is 0. The zero-order valence-corrected chi connectivity index (χ0v) is 12.4. The number of rotatable bonds is 5. The van der Waals surface area contributed by atoms with Crippen LogP contribution in [-0.4, -0.2) is 39.6 Å². The maximum Gasteiger partial charge on any atom is 0.211 e. The van der Waals surface area contributed by atoms with Gasteiger partial charge >= 0.3 is 0 Å². The molecule has 0 atom stereocenters. The van der Waals surface area contributed by atoms with Gasteiger partial charge in [-0.05, 0) is 30.0 Å². The van der Waals surface area contributed by atoms with Gasteiger partial charge in [0.15, 0.2) is 17.3 Å². The number of aryl methyl sites for hydroxylation is 1. The van der Waals surface area contributed by atoms with Crippen LogP contribution < -0.4 is 4.74 Å². The lowest BCUT2D eigenvalue weighted by Gasteiger charge is -2.04. The number of hydrogen-bond donors (Lipinski definition) is 1. The van der Waals surface area contributed by atoms with Crippen molar-refractivity contribution in [3.63, 3.8) is 0 Å². The first kappa shape index (κ1) is 14.4. The van der Waals surface area contributed by atoms with Gasteiger partial charge in [0.2, 0.25) is 5.16 Å². The average Bonchev–Trinajstić information content (AvgIpc) is 2.87. The van der Waals surface area contributed by atoms with E-state index in [-0.39, 0.29) is 5.75 Å². The molecule has 1 heterocycles. The van der Waals surface area contributed by atoms with E-state index >= 15 is 0 Å². The van der Waals surface area contributed by atoms with Gasteiger partial charge in [-0.15, -0.1) is 10.2 Å². The Bertz CT molecular complexity index is 603. The molecule has 2 rings (SSSR count). The monoisotopic (exact) mass is 292 g/mol. The molecule has 0 bridgehead atoms. The number of phenolic OH excluding ortho intramolecular Hbond substituents is 1. The molecule has 1 aromatic carbocycles. The Kier molecular flexibility index (Phi) is 4.62. The van der Waals surface area contributed by atoms with Crippen LogP contribution in [0.25, 0.3) is 0 Å². The molecule has 1 aromatic heterocycles. The molecule has 0 saturated carbocycles. The van der Waals surface area contributed by atoms with Crippen molar-refractivity contribution in [1.29, 1.82) is 0 Å². The Morgan fingerprint density at radius 3 is 2.85 bits per heavy atom. The van der Waals surface area contributed by atoms with Crippen molar-refractivity contribution < 1.29 is 9.84 Å². The zero-order valence-electron chi connectivity index (χ0n) is 11.6. The molecule has 7 heteroatoms.